The molecule has 0 fully saturated rings. The summed E-state index contributed by atoms with van der Waals surface area (Å²) in [4.78, 5) is -0.675. The SMILES string of the molecule is Nc1cc(Cl)cc(Cl)c1S(=O)(=O)N(CCO)CC(F)(F)F. The first kappa shape index (κ1) is 18.3. The van der Waals surface area contributed by atoms with Gasteiger partial charge >= 0.3 is 6.18 Å². The summed E-state index contributed by atoms with van der Waals surface area (Å²) in [5.74, 6) is 0. The summed E-state index contributed by atoms with van der Waals surface area (Å²) >= 11 is 11.3. The van der Waals surface area contributed by atoms with E-state index in [1.54, 1.807) is 0 Å². The molecule has 0 aliphatic carbocycles. The third-order valence-corrected chi connectivity index (χ3v) is 4.93. The Morgan fingerprint density at radius 2 is 1.86 bits per heavy atom. The van der Waals surface area contributed by atoms with Gasteiger partial charge in [-0.25, -0.2) is 8.42 Å². The third kappa shape index (κ3) is 4.62. The Morgan fingerprint density at radius 1 is 1.29 bits per heavy atom. The van der Waals surface area contributed by atoms with Crippen molar-refractivity contribution in [3.8, 4) is 0 Å². The molecule has 0 aromatic heterocycles. The van der Waals surface area contributed by atoms with Gasteiger partial charge < -0.3 is 10.8 Å². The summed E-state index contributed by atoms with van der Waals surface area (Å²) in [6.45, 7) is -3.31. The van der Waals surface area contributed by atoms with Crippen LogP contribution in [0.2, 0.25) is 10.0 Å². The van der Waals surface area contributed by atoms with Crippen LogP contribution in [0, 0.1) is 0 Å². The van der Waals surface area contributed by atoms with Gasteiger partial charge in [0.1, 0.15) is 11.4 Å². The summed E-state index contributed by atoms with van der Waals surface area (Å²) in [7, 11) is -4.64. The van der Waals surface area contributed by atoms with Crippen LogP contribution in [-0.4, -0.2) is 43.7 Å². The Morgan fingerprint density at radius 3 is 2.29 bits per heavy atom. The molecule has 0 aliphatic heterocycles. The predicted molar refractivity (Wildman–Crippen MR) is 72.8 cm³/mol. The largest absolute Gasteiger partial charge is 0.402 e. The van der Waals surface area contributed by atoms with Crippen LogP contribution in [0.5, 0.6) is 0 Å². The Bertz CT molecular complexity index is 599. The summed E-state index contributed by atoms with van der Waals surface area (Å²) in [6, 6.07) is 2.11. The van der Waals surface area contributed by atoms with E-state index in [-0.39, 0.29) is 15.0 Å². The number of benzene rings is 1. The molecule has 0 atom stereocenters. The average Bonchev–Trinajstić information content (AvgIpc) is 2.24. The second-order valence-corrected chi connectivity index (χ2v) is 6.70. The molecule has 5 nitrogen and oxygen atoms in total. The van der Waals surface area contributed by atoms with Crippen LogP contribution in [-0.2, 0) is 10.0 Å². The van der Waals surface area contributed by atoms with Gasteiger partial charge in [0.2, 0.25) is 10.0 Å². The van der Waals surface area contributed by atoms with E-state index in [0.717, 1.165) is 12.1 Å². The third-order valence-electron chi connectivity index (χ3n) is 2.34. The number of halogens is 5. The monoisotopic (exact) mass is 366 g/mol. The number of nitrogens with two attached hydrogens (primary N) is 1. The molecule has 1 aromatic rings. The highest BCUT2D eigenvalue weighted by atomic mass is 35.5. The molecule has 3 N–H and O–H groups in total. The van der Waals surface area contributed by atoms with Crippen LogP contribution >= 0.6 is 23.2 Å². The first-order valence-electron chi connectivity index (χ1n) is 5.41. The predicted octanol–water partition coefficient (Wildman–Crippen LogP) is 2.12. The lowest BCUT2D eigenvalue weighted by atomic mass is 10.3. The zero-order chi connectivity index (χ0) is 16.4. The van der Waals surface area contributed by atoms with Crippen LogP contribution in [0.25, 0.3) is 0 Å². The highest BCUT2D eigenvalue weighted by Crippen LogP contribution is 2.34. The first-order valence-corrected chi connectivity index (χ1v) is 7.61. The second kappa shape index (κ2) is 6.57. The van der Waals surface area contributed by atoms with E-state index in [9.17, 15) is 21.6 Å². The van der Waals surface area contributed by atoms with Crippen LogP contribution in [0.4, 0.5) is 18.9 Å². The standard InChI is InChI=1S/C10H11Cl2F3N2O3S/c11-6-3-7(12)9(8(16)4-6)21(19,20)17(1-2-18)5-10(13,14)15/h3-4,18H,1-2,5,16H2. The molecule has 0 bridgehead atoms. The minimum atomic E-state index is -4.78. The molecule has 0 radical (unpaired) electrons. The topological polar surface area (TPSA) is 83.6 Å². The molecular weight excluding hydrogens is 356 g/mol. The Labute approximate surface area is 129 Å². The molecule has 0 saturated heterocycles. The Balaban J connectivity index is 3.36. The van der Waals surface area contributed by atoms with Gasteiger partial charge in [0.05, 0.1) is 17.3 Å². The maximum atomic E-state index is 12.5. The molecule has 120 valence electrons. The van der Waals surface area contributed by atoms with Crippen molar-refractivity contribution < 1.29 is 26.7 Å². The summed E-state index contributed by atoms with van der Waals surface area (Å²) in [5, 5.41) is 8.41. The highest BCUT2D eigenvalue weighted by Gasteiger charge is 2.38. The van der Waals surface area contributed by atoms with Crippen molar-refractivity contribution in [3.63, 3.8) is 0 Å². The number of alkyl halides is 3. The molecule has 0 aliphatic rings. The fraction of sp³-hybridized carbons (Fsp3) is 0.400. The van der Waals surface area contributed by atoms with Crippen molar-refractivity contribution in [2.75, 3.05) is 25.4 Å². The molecule has 0 heterocycles. The van der Waals surface area contributed by atoms with Crippen molar-refractivity contribution >= 4 is 38.9 Å². The first-order chi connectivity index (χ1) is 9.49. The van der Waals surface area contributed by atoms with Gasteiger partial charge in [0.15, 0.2) is 0 Å². The van der Waals surface area contributed by atoms with Crippen LogP contribution in [0.3, 0.4) is 0 Å². The smallest absolute Gasteiger partial charge is 0.398 e. The van der Waals surface area contributed by atoms with Crippen LogP contribution in [0.1, 0.15) is 0 Å². The van der Waals surface area contributed by atoms with Crippen molar-refractivity contribution in [2.45, 2.75) is 11.1 Å². The molecule has 1 aromatic carbocycles. The minimum Gasteiger partial charge on any atom is -0.398 e. The van der Waals surface area contributed by atoms with Crippen molar-refractivity contribution in [2.24, 2.45) is 0 Å². The van der Waals surface area contributed by atoms with E-state index in [4.69, 9.17) is 34.0 Å². The van der Waals surface area contributed by atoms with E-state index in [0.29, 0.717) is 0 Å². The van der Waals surface area contributed by atoms with Gasteiger partial charge in [-0.2, -0.15) is 17.5 Å². The quantitative estimate of drug-likeness (QED) is 0.781. The van der Waals surface area contributed by atoms with E-state index in [1.807, 2.05) is 0 Å². The van der Waals surface area contributed by atoms with Gasteiger partial charge in [-0.05, 0) is 12.1 Å². The number of rotatable bonds is 5. The summed E-state index contributed by atoms with van der Waals surface area (Å²) in [6.07, 6.45) is -4.78. The number of hydrogen-bond acceptors (Lipinski definition) is 4. The molecular formula is C10H11Cl2F3N2O3S. The van der Waals surface area contributed by atoms with E-state index < -0.39 is 45.8 Å². The lowest BCUT2D eigenvalue weighted by molar-refractivity contribution is -0.136. The van der Waals surface area contributed by atoms with Crippen molar-refractivity contribution in [1.29, 1.82) is 0 Å². The number of nitrogen functional groups attached to an aromatic ring is 1. The van der Waals surface area contributed by atoms with E-state index in [1.165, 1.54) is 0 Å². The number of aliphatic hydroxyl groups is 1. The molecule has 0 saturated carbocycles. The lowest BCUT2D eigenvalue weighted by Crippen LogP contribution is -2.41. The summed E-state index contributed by atoms with van der Waals surface area (Å²) < 4.78 is 62.0. The van der Waals surface area contributed by atoms with E-state index in [2.05, 4.69) is 0 Å². The van der Waals surface area contributed by atoms with E-state index >= 15 is 0 Å². The zero-order valence-electron chi connectivity index (χ0n) is 10.4. The highest BCUT2D eigenvalue weighted by molar-refractivity contribution is 7.89. The van der Waals surface area contributed by atoms with Gasteiger partial charge in [-0.1, -0.05) is 23.2 Å². The number of aliphatic hydroxyl groups excluding tert-OH is 1. The van der Waals surface area contributed by atoms with Crippen LogP contribution in [0.15, 0.2) is 17.0 Å². The number of nitrogens with zero attached hydrogens (tertiary/aromatic N) is 1. The molecule has 0 unspecified atom stereocenters. The molecule has 21 heavy (non-hydrogen) atoms. The average molecular weight is 367 g/mol. The molecule has 0 amide bonds. The van der Waals surface area contributed by atoms with Gasteiger partial charge in [-0.3, -0.25) is 0 Å². The number of sulfonamides is 1. The molecule has 1 rings (SSSR count). The maximum absolute atomic E-state index is 12.5. The number of hydrogen-bond donors (Lipinski definition) is 2. The molecule has 11 heteroatoms. The zero-order valence-corrected chi connectivity index (χ0v) is 12.7. The lowest BCUT2D eigenvalue weighted by Gasteiger charge is -2.23. The van der Waals surface area contributed by atoms with Gasteiger partial charge in [-0.15, -0.1) is 0 Å². The summed E-state index contributed by atoms with van der Waals surface area (Å²) in [5.41, 5.74) is 5.11. The second-order valence-electron chi connectivity index (χ2n) is 3.98. The normalized spacial score (nSPS) is 12.9. The van der Waals surface area contributed by atoms with Crippen molar-refractivity contribution in [1.82, 2.24) is 4.31 Å². The minimum absolute atomic E-state index is 0.0426. The maximum Gasteiger partial charge on any atom is 0.402 e. The van der Waals surface area contributed by atoms with Crippen molar-refractivity contribution in [3.05, 3.63) is 22.2 Å². The van der Waals surface area contributed by atoms with Gasteiger partial charge in [0, 0.05) is 11.6 Å². The fourth-order valence-electron chi connectivity index (χ4n) is 1.58. The van der Waals surface area contributed by atoms with Crippen LogP contribution < -0.4 is 5.73 Å². The fourth-order valence-corrected chi connectivity index (χ4v) is 3.94. The number of anilines is 1. The van der Waals surface area contributed by atoms with Gasteiger partial charge in [0.25, 0.3) is 0 Å². The molecule has 0 spiro atoms. The Hall–Kier alpha value is -0.740. The Kier molecular flexibility index (Phi) is 5.73.